The highest BCUT2D eigenvalue weighted by Gasteiger charge is 2.37. The monoisotopic (exact) mass is 338 g/mol. The van der Waals surface area contributed by atoms with Gasteiger partial charge in [0.2, 0.25) is 0 Å². The van der Waals surface area contributed by atoms with Gasteiger partial charge in [0.1, 0.15) is 0 Å². The van der Waals surface area contributed by atoms with Gasteiger partial charge in [0.25, 0.3) is 0 Å². The molecule has 0 spiro atoms. The molecule has 0 atom stereocenters. The number of para-hydroxylation sites is 2. The minimum absolute atomic E-state index is 0.0470. The van der Waals surface area contributed by atoms with Gasteiger partial charge in [-0.2, -0.15) is 0 Å². The van der Waals surface area contributed by atoms with Crippen molar-refractivity contribution in [1.29, 1.82) is 0 Å². The first-order chi connectivity index (χ1) is 8.94. The normalized spacial score (nSPS) is 17.7. The van der Waals surface area contributed by atoms with Crippen LogP contribution >= 0.6 is 15.9 Å². The lowest BCUT2D eigenvalue weighted by Crippen LogP contribution is -2.37. The second-order valence-corrected chi connectivity index (χ2v) is 5.33. The molecule has 1 aromatic rings. The fourth-order valence-electron chi connectivity index (χ4n) is 2.00. The van der Waals surface area contributed by atoms with Crippen molar-refractivity contribution in [2.24, 2.45) is 5.41 Å². The van der Waals surface area contributed by atoms with E-state index in [0.29, 0.717) is 6.61 Å². The number of alkyl halides is 4. The average Bonchev–Trinajstić information content (AvgIpc) is 2.28. The van der Waals surface area contributed by atoms with Gasteiger partial charge in [0.15, 0.2) is 11.5 Å². The first kappa shape index (κ1) is 14.5. The average molecular weight is 339 g/mol. The first-order valence-corrected chi connectivity index (χ1v) is 7.10. The number of hydrogen-bond acceptors (Lipinski definition) is 2. The van der Waals surface area contributed by atoms with Crippen molar-refractivity contribution in [1.82, 2.24) is 0 Å². The zero-order valence-corrected chi connectivity index (χ0v) is 11.8. The summed E-state index contributed by atoms with van der Waals surface area (Å²) in [5, 5.41) is 0.794. The van der Waals surface area contributed by atoms with Gasteiger partial charge in [-0.05, 0) is 25.0 Å². The van der Waals surface area contributed by atoms with E-state index in [0.717, 1.165) is 24.6 Å². The molecule has 0 unspecified atom stereocenters. The standard InChI is InChI=1S/C13H14BrF3O2/c14-8-12(6-3-7-12)9-18-10-4-1-2-5-11(10)19-13(15,16)17/h1-2,4-5H,3,6-9H2. The summed E-state index contributed by atoms with van der Waals surface area (Å²) in [5.41, 5.74) is 0.0470. The van der Waals surface area contributed by atoms with Crippen molar-refractivity contribution in [3.63, 3.8) is 0 Å². The predicted molar refractivity (Wildman–Crippen MR) is 68.7 cm³/mol. The zero-order valence-electron chi connectivity index (χ0n) is 10.2. The molecule has 1 aliphatic rings. The van der Waals surface area contributed by atoms with E-state index in [1.165, 1.54) is 18.2 Å². The third kappa shape index (κ3) is 3.78. The Balaban J connectivity index is 2.03. The molecule has 6 heteroatoms. The SMILES string of the molecule is FC(F)(F)Oc1ccccc1OCC1(CBr)CCC1. The van der Waals surface area contributed by atoms with Crippen LogP contribution in [0.3, 0.4) is 0 Å². The Morgan fingerprint density at radius 2 is 1.79 bits per heavy atom. The Morgan fingerprint density at radius 1 is 1.16 bits per heavy atom. The molecule has 1 aliphatic carbocycles. The van der Waals surface area contributed by atoms with E-state index in [1.54, 1.807) is 6.07 Å². The molecule has 106 valence electrons. The van der Waals surface area contributed by atoms with Crippen molar-refractivity contribution in [2.45, 2.75) is 25.6 Å². The molecule has 1 saturated carbocycles. The van der Waals surface area contributed by atoms with E-state index >= 15 is 0 Å². The van der Waals surface area contributed by atoms with Crippen LogP contribution in [0, 0.1) is 5.41 Å². The topological polar surface area (TPSA) is 18.5 Å². The highest BCUT2D eigenvalue weighted by Crippen LogP contribution is 2.43. The summed E-state index contributed by atoms with van der Waals surface area (Å²) in [4.78, 5) is 0. The Kier molecular flexibility index (Phi) is 4.28. The molecule has 1 fully saturated rings. The molecule has 0 saturated heterocycles. The molecular formula is C13H14BrF3O2. The van der Waals surface area contributed by atoms with Crippen LogP contribution in [0.2, 0.25) is 0 Å². The molecule has 0 radical (unpaired) electrons. The van der Waals surface area contributed by atoms with E-state index in [2.05, 4.69) is 20.7 Å². The smallest absolute Gasteiger partial charge is 0.489 e. The summed E-state index contributed by atoms with van der Waals surface area (Å²) < 4.78 is 46.2. The number of rotatable bonds is 5. The zero-order chi connectivity index (χ0) is 13.9. The summed E-state index contributed by atoms with van der Waals surface area (Å²) >= 11 is 3.43. The van der Waals surface area contributed by atoms with Gasteiger partial charge < -0.3 is 9.47 Å². The fraction of sp³-hybridized carbons (Fsp3) is 0.538. The number of hydrogen-bond donors (Lipinski definition) is 0. The second-order valence-electron chi connectivity index (χ2n) is 4.77. The summed E-state index contributed by atoms with van der Waals surface area (Å²) in [7, 11) is 0. The van der Waals surface area contributed by atoms with Gasteiger partial charge in [-0.3, -0.25) is 0 Å². The van der Waals surface area contributed by atoms with Crippen LogP contribution in [0.5, 0.6) is 11.5 Å². The van der Waals surface area contributed by atoms with Crippen LogP contribution in [0.25, 0.3) is 0 Å². The molecule has 0 N–H and O–H groups in total. The highest BCUT2D eigenvalue weighted by atomic mass is 79.9. The maximum Gasteiger partial charge on any atom is 0.573 e. The molecule has 0 bridgehead atoms. The number of halogens is 4. The third-order valence-electron chi connectivity index (χ3n) is 3.31. The lowest BCUT2D eigenvalue weighted by atomic mass is 9.71. The maximum absolute atomic E-state index is 12.3. The van der Waals surface area contributed by atoms with E-state index < -0.39 is 6.36 Å². The molecule has 19 heavy (non-hydrogen) atoms. The van der Waals surface area contributed by atoms with Gasteiger partial charge in [0, 0.05) is 10.7 Å². The van der Waals surface area contributed by atoms with Crippen LogP contribution in [0.1, 0.15) is 19.3 Å². The Morgan fingerprint density at radius 3 is 2.26 bits per heavy atom. The van der Waals surface area contributed by atoms with E-state index in [4.69, 9.17) is 4.74 Å². The van der Waals surface area contributed by atoms with Crippen molar-refractivity contribution in [3.8, 4) is 11.5 Å². The van der Waals surface area contributed by atoms with Gasteiger partial charge in [-0.15, -0.1) is 13.2 Å². The molecule has 0 amide bonds. The van der Waals surface area contributed by atoms with Crippen molar-refractivity contribution < 1.29 is 22.6 Å². The molecule has 0 aliphatic heterocycles. The lowest BCUT2D eigenvalue weighted by Gasteiger charge is -2.40. The Labute approximate surface area is 118 Å². The van der Waals surface area contributed by atoms with Gasteiger partial charge in [-0.1, -0.05) is 34.5 Å². The largest absolute Gasteiger partial charge is 0.573 e. The minimum Gasteiger partial charge on any atom is -0.489 e. The Hall–Kier alpha value is -0.910. The number of benzene rings is 1. The van der Waals surface area contributed by atoms with Crippen molar-refractivity contribution in [2.75, 3.05) is 11.9 Å². The summed E-state index contributed by atoms with van der Waals surface area (Å²) in [5.74, 6) is -0.161. The summed E-state index contributed by atoms with van der Waals surface area (Å²) in [6, 6.07) is 5.85. The quantitative estimate of drug-likeness (QED) is 0.734. The predicted octanol–water partition coefficient (Wildman–Crippen LogP) is 4.53. The molecule has 0 heterocycles. The Bertz CT molecular complexity index is 425. The minimum atomic E-state index is -4.71. The second kappa shape index (κ2) is 5.61. The van der Waals surface area contributed by atoms with Gasteiger partial charge in [-0.25, -0.2) is 0 Å². The summed E-state index contributed by atoms with van der Waals surface area (Å²) in [6.45, 7) is 0.399. The first-order valence-electron chi connectivity index (χ1n) is 5.98. The number of ether oxygens (including phenoxy) is 2. The molecule has 2 rings (SSSR count). The highest BCUT2D eigenvalue weighted by molar-refractivity contribution is 9.09. The maximum atomic E-state index is 12.3. The lowest BCUT2D eigenvalue weighted by molar-refractivity contribution is -0.275. The van der Waals surface area contributed by atoms with E-state index in [9.17, 15) is 13.2 Å². The van der Waals surface area contributed by atoms with Crippen LogP contribution < -0.4 is 9.47 Å². The van der Waals surface area contributed by atoms with Crippen molar-refractivity contribution in [3.05, 3.63) is 24.3 Å². The van der Waals surface area contributed by atoms with Gasteiger partial charge >= 0.3 is 6.36 Å². The van der Waals surface area contributed by atoms with Crippen LogP contribution in [-0.4, -0.2) is 18.3 Å². The van der Waals surface area contributed by atoms with Crippen LogP contribution in [-0.2, 0) is 0 Å². The summed E-state index contributed by atoms with van der Waals surface area (Å²) in [6.07, 6.45) is -1.51. The molecule has 2 nitrogen and oxygen atoms in total. The van der Waals surface area contributed by atoms with Crippen molar-refractivity contribution >= 4 is 15.9 Å². The fourth-order valence-corrected chi connectivity index (χ4v) is 2.73. The van der Waals surface area contributed by atoms with E-state index in [-0.39, 0.29) is 16.9 Å². The molecule has 0 aromatic heterocycles. The molecular weight excluding hydrogens is 325 g/mol. The third-order valence-corrected chi connectivity index (χ3v) is 4.50. The molecule has 1 aromatic carbocycles. The van der Waals surface area contributed by atoms with Crippen LogP contribution in [0.4, 0.5) is 13.2 Å². The van der Waals surface area contributed by atoms with Gasteiger partial charge in [0.05, 0.1) is 6.61 Å². The van der Waals surface area contributed by atoms with Crippen LogP contribution in [0.15, 0.2) is 24.3 Å². The van der Waals surface area contributed by atoms with E-state index in [1.807, 2.05) is 0 Å².